The molecule has 0 amide bonds. The Morgan fingerprint density at radius 2 is 2.00 bits per heavy atom. The van der Waals surface area contributed by atoms with Crippen molar-refractivity contribution in [3.8, 4) is 0 Å². The molecule has 0 fully saturated rings. The lowest BCUT2D eigenvalue weighted by molar-refractivity contribution is 0.848. The van der Waals surface area contributed by atoms with E-state index in [1.165, 1.54) is 0 Å². The zero-order chi connectivity index (χ0) is 4.28. The van der Waals surface area contributed by atoms with Crippen molar-refractivity contribution in [3.63, 3.8) is 0 Å². The lowest BCUT2D eigenvalue weighted by atomic mass is 10.4. The molecule has 0 saturated heterocycles. The van der Waals surface area contributed by atoms with Crippen molar-refractivity contribution in [3.05, 3.63) is 0 Å². The van der Waals surface area contributed by atoms with Gasteiger partial charge < -0.3 is 5.73 Å². The first-order valence-electron chi connectivity index (χ1n) is 1.73. The van der Waals surface area contributed by atoms with Crippen molar-refractivity contribution in [2.45, 2.75) is 13.0 Å². The fraction of sp³-hybridized carbons (Fsp3) is 1.00. The molecule has 0 heterocycles. The monoisotopic (exact) mass is 127 g/mol. The van der Waals surface area contributed by atoms with Crippen LogP contribution in [0.4, 0.5) is 0 Å². The molecular formula is C3H11ClNP. The van der Waals surface area contributed by atoms with E-state index in [1.54, 1.807) is 0 Å². The second-order valence-electron chi connectivity index (χ2n) is 1.21. The summed E-state index contributed by atoms with van der Waals surface area (Å²) in [6.07, 6.45) is 1.00. The number of rotatable bonds is 1. The van der Waals surface area contributed by atoms with Gasteiger partial charge in [-0.2, -0.15) is 0 Å². The highest BCUT2D eigenvalue weighted by Crippen LogP contribution is 1.81. The smallest absolute Gasteiger partial charge is 0.00450 e. The molecule has 0 spiro atoms. The molecule has 0 aliphatic carbocycles. The summed E-state index contributed by atoms with van der Waals surface area (Å²) in [6.45, 7) is 1.98. The molecule has 2 N–H and O–H groups in total. The fourth-order valence-electron chi connectivity index (χ4n) is 0. The summed E-state index contributed by atoms with van der Waals surface area (Å²) in [5.74, 6) is 0. The van der Waals surface area contributed by atoms with Gasteiger partial charge in [0.2, 0.25) is 0 Å². The number of nitrogens with two attached hydrogens (primary N) is 1. The highest BCUT2D eigenvalue weighted by Gasteiger charge is 1.79. The molecule has 0 bridgehead atoms. The first-order chi connectivity index (χ1) is 2.27. The van der Waals surface area contributed by atoms with Gasteiger partial charge in [0.25, 0.3) is 0 Å². The summed E-state index contributed by atoms with van der Waals surface area (Å²) in [4.78, 5) is 0. The maximum absolute atomic E-state index is 5.27. The zero-order valence-electron chi connectivity index (χ0n) is 3.85. The van der Waals surface area contributed by atoms with E-state index < -0.39 is 0 Å². The average molecular weight is 128 g/mol. The molecule has 1 nitrogen and oxygen atoms in total. The molecular weight excluding hydrogens is 116 g/mol. The van der Waals surface area contributed by atoms with E-state index in [4.69, 9.17) is 5.73 Å². The lowest BCUT2D eigenvalue weighted by Crippen LogP contribution is -2.15. The van der Waals surface area contributed by atoms with E-state index in [0.717, 1.165) is 6.16 Å². The molecule has 0 rings (SSSR count). The lowest BCUT2D eigenvalue weighted by Gasteiger charge is -1.91. The second kappa shape index (κ2) is 5.68. The van der Waals surface area contributed by atoms with Gasteiger partial charge in [-0.05, 0) is 13.1 Å². The van der Waals surface area contributed by atoms with E-state index in [2.05, 4.69) is 9.24 Å². The molecule has 0 radical (unpaired) electrons. The Hall–Kier alpha value is 0.680. The van der Waals surface area contributed by atoms with Gasteiger partial charge in [-0.15, -0.1) is 21.6 Å². The van der Waals surface area contributed by atoms with Gasteiger partial charge in [0, 0.05) is 6.04 Å². The SMILES string of the molecule is CC(N)CP.Cl. The summed E-state index contributed by atoms with van der Waals surface area (Å²) >= 11 is 0. The highest BCUT2D eigenvalue weighted by molar-refractivity contribution is 7.16. The predicted octanol–water partition coefficient (Wildman–Crippen LogP) is 0.630. The summed E-state index contributed by atoms with van der Waals surface area (Å²) in [5, 5.41) is 0. The van der Waals surface area contributed by atoms with Crippen LogP contribution in [0, 0.1) is 0 Å². The van der Waals surface area contributed by atoms with Crippen molar-refractivity contribution in [1.82, 2.24) is 0 Å². The minimum absolute atomic E-state index is 0. The van der Waals surface area contributed by atoms with Crippen molar-refractivity contribution in [1.29, 1.82) is 0 Å². The molecule has 0 aromatic heterocycles. The highest BCUT2D eigenvalue weighted by atomic mass is 35.5. The first kappa shape index (κ1) is 9.84. The molecule has 6 heavy (non-hydrogen) atoms. The van der Waals surface area contributed by atoms with Crippen LogP contribution in [0.25, 0.3) is 0 Å². The molecule has 0 aliphatic heterocycles. The van der Waals surface area contributed by atoms with Gasteiger partial charge in [0.15, 0.2) is 0 Å². The summed E-state index contributed by atoms with van der Waals surface area (Å²) < 4.78 is 0. The molecule has 0 aliphatic rings. The van der Waals surface area contributed by atoms with Crippen molar-refractivity contribution >= 4 is 21.6 Å². The molecule has 2 atom stereocenters. The standard InChI is InChI=1S/C3H10NP.ClH/c1-3(4)2-5;/h3H,2,4-5H2,1H3;1H. The first-order valence-corrected chi connectivity index (χ1v) is 2.54. The normalized spacial score (nSPS) is 12.5. The number of hydrogen-bond acceptors (Lipinski definition) is 1. The Balaban J connectivity index is 0. The van der Waals surface area contributed by atoms with Crippen LogP contribution in [0.1, 0.15) is 6.92 Å². The van der Waals surface area contributed by atoms with Gasteiger partial charge in [0.05, 0.1) is 0 Å². The van der Waals surface area contributed by atoms with Crippen LogP contribution in [0.3, 0.4) is 0 Å². The second-order valence-corrected chi connectivity index (χ2v) is 1.68. The summed E-state index contributed by atoms with van der Waals surface area (Å²) in [7, 11) is 2.57. The van der Waals surface area contributed by atoms with Crippen LogP contribution in [0.15, 0.2) is 0 Å². The molecule has 0 aromatic carbocycles. The van der Waals surface area contributed by atoms with E-state index >= 15 is 0 Å². The molecule has 0 saturated carbocycles. The van der Waals surface area contributed by atoms with Crippen molar-refractivity contribution in [2.75, 3.05) is 6.16 Å². The Morgan fingerprint density at radius 3 is 2.00 bits per heavy atom. The van der Waals surface area contributed by atoms with Crippen molar-refractivity contribution in [2.24, 2.45) is 5.73 Å². The topological polar surface area (TPSA) is 26.0 Å². The Kier molecular flexibility index (Phi) is 9.31. The fourth-order valence-corrected chi connectivity index (χ4v) is 0. The third kappa shape index (κ3) is 8.82. The maximum atomic E-state index is 5.27. The van der Waals surface area contributed by atoms with E-state index in [-0.39, 0.29) is 12.4 Å². The van der Waals surface area contributed by atoms with Crippen LogP contribution in [-0.4, -0.2) is 12.2 Å². The summed E-state index contributed by atoms with van der Waals surface area (Å²) in [6, 6.07) is 0.347. The van der Waals surface area contributed by atoms with Gasteiger partial charge in [-0.25, -0.2) is 0 Å². The van der Waals surface area contributed by atoms with Crippen LogP contribution in [0.2, 0.25) is 0 Å². The van der Waals surface area contributed by atoms with Crippen molar-refractivity contribution < 1.29 is 0 Å². The Morgan fingerprint density at radius 1 is 1.83 bits per heavy atom. The molecule has 40 valence electrons. The Bertz CT molecular complexity index is 24.8. The third-order valence-corrected chi connectivity index (χ3v) is 1.12. The zero-order valence-corrected chi connectivity index (χ0v) is 5.82. The Labute approximate surface area is 47.3 Å². The van der Waals surface area contributed by atoms with Gasteiger partial charge >= 0.3 is 0 Å². The minimum Gasteiger partial charge on any atom is -0.328 e. The predicted molar refractivity (Wildman–Crippen MR) is 35.5 cm³/mol. The van der Waals surface area contributed by atoms with Crippen LogP contribution < -0.4 is 5.73 Å². The van der Waals surface area contributed by atoms with E-state index in [0.29, 0.717) is 6.04 Å². The average Bonchev–Trinajstić information content (AvgIpc) is 1.38. The van der Waals surface area contributed by atoms with Gasteiger partial charge in [-0.1, -0.05) is 0 Å². The third-order valence-electron chi connectivity index (χ3n) is 0.372. The number of halogens is 1. The van der Waals surface area contributed by atoms with Crippen LogP contribution in [-0.2, 0) is 0 Å². The maximum Gasteiger partial charge on any atom is 0.00450 e. The van der Waals surface area contributed by atoms with Gasteiger partial charge in [0.1, 0.15) is 0 Å². The van der Waals surface area contributed by atoms with E-state index in [9.17, 15) is 0 Å². The minimum atomic E-state index is 0. The molecule has 0 aromatic rings. The molecule has 2 unspecified atom stereocenters. The quantitative estimate of drug-likeness (QED) is 0.514. The largest absolute Gasteiger partial charge is 0.328 e. The van der Waals surface area contributed by atoms with E-state index in [1.807, 2.05) is 6.92 Å². The van der Waals surface area contributed by atoms with Crippen LogP contribution >= 0.6 is 21.6 Å². The van der Waals surface area contributed by atoms with Gasteiger partial charge in [-0.3, -0.25) is 0 Å². The van der Waals surface area contributed by atoms with Crippen LogP contribution in [0.5, 0.6) is 0 Å². The summed E-state index contributed by atoms with van der Waals surface area (Å²) in [5.41, 5.74) is 5.27. The number of hydrogen-bond donors (Lipinski definition) is 1. The molecule has 3 heteroatoms.